The van der Waals surface area contributed by atoms with E-state index >= 15 is 0 Å². The van der Waals surface area contributed by atoms with Crippen LogP contribution in [-0.4, -0.2) is 11.0 Å². The monoisotopic (exact) mass is 385 g/mol. The van der Waals surface area contributed by atoms with Gasteiger partial charge in [0.25, 0.3) is 5.65 Å². The molecule has 5 rings (SSSR count). The van der Waals surface area contributed by atoms with Crippen LogP contribution in [0.5, 0.6) is 5.75 Å². The van der Waals surface area contributed by atoms with Crippen LogP contribution in [0, 0.1) is 6.92 Å². The lowest BCUT2D eigenvalue weighted by Crippen LogP contribution is -2.33. The van der Waals surface area contributed by atoms with Gasteiger partial charge >= 0.3 is 5.56 Å². The zero-order valence-electron chi connectivity index (χ0n) is 17.2. The molecular formula is C25H25N2O2+. The third kappa shape index (κ3) is 2.52. The lowest BCUT2D eigenvalue weighted by atomic mass is 9.99. The Morgan fingerprint density at radius 3 is 2.62 bits per heavy atom. The third-order valence-electron chi connectivity index (χ3n) is 5.96. The van der Waals surface area contributed by atoms with Gasteiger partial charge in [0.05, 0.1) is 23.9 Å². The van der Waals surface area contributed by atoms with E-state index in [1.807, 2.05) is 28.7 Å². The van der Waals surface area contributed by atoms with Crippen molar-refractivity contribution in [1.29, 1.82) is 0 Å². The number of nitrogens with zero attached hydrogens (tertiary/aromatic N) is 2. The molecule has 2 heterocycles. The zero-order chi connectivity index (χ0) is 20.1. The Bertz CT molecular complexity index is 1430. The molecule has 0 radical (unpaired) electrons. The number of aromatic nitrogens is 2. The van der Waals surface area contributed by atoms with Crippen molar-refractivity contribution in [2.24, 2.45) is 0 Å². The summed E-state index contributed by atoms with van der Waals surface area (Å²) >= 11 is 0. The molecule has 5 aromatic rings. The molecule has 0 saturated heterocycles. The maximum Gasteiger partial charge on any atom is 0.347 e. The number of fused-ring (bicyclic) bond motifs is 4. The van der Waals surface area contributed by atoms with Crippen molar-refractivity contribution in [2.45, 2.75) is 40.2 Å². The van der Waals surface area contributed by atoms with Crippen LogP contribution >= 0.6 is 0 Å². The number of hydrogen-bond donors (Lipinski definition) is 0. The summed E-state index contributed by atoms with van der Waals surface area (Å²) < 4.78 is 10.0. The molecule has 4 nitrogen and oxygen atoms in total. The van der Waals surface area contributed by atoms with Crippen molar-refractivity contribution in [2.75, 3.05) is 6.61 Å². The molecule has 0 saturated carbocycles. The summed E-state index contributed by atoms with van der Waals surface area (Å²) in [7, 11) is 0. The standard InChI is InChI=1S/C25H25N2O2/c1-4-6-14-29-17-11-13-21-22(15-17)27-24(26(21)5-2)19-9-7-8-18-16(3)10-12-20(23(18)19)25(27)28/h7-13,15H,4-6,14H2,1-3H3/q+1. The number of unbranched alkanes of at least 4 members (excludes halogenated alkanes) is 1. The molecule has 0 N–H and O–H groups in total. The maximum atomic E-state index is 13.6. The van der Waals surface area contributed by atoms with E-state index in [9.17, 15) is 4.79 Å². The van der Waals surface area contributed by atoms with E-state index in [4.69, 9.17) is 4.74 Å². The van der Waals surface area contributed by atoms with Crippen molar-refractivity contribution in [1.82, 2.24) is 4.40 Å². The Balaban J connectivity index is 1.95. The molecule has 0 spiro atoms. The number of ether oxygens (including phenoxy) is 1. The van der Waals surface area contributed by atoms with Crippen LogP contribution in [0.2, 0.25) is 0 Å². The van der Waals surface area contributed by atoms with Gasteiger partial charge in [-0.05, 0) is 55.5 Å². The topological polar surface area (TPSA) is 34.6 Å². The van der Waals surface area contributed by atoms with Gasteiger partial charge in [-0.1, -0.05) is 31.5 Å². The van der Waals surface area contributed by atoms with Gasteiger partial charge in [0, 0.05) is 11.5 Å². The molecule has 0 amide bonds. The molecule has 4 heteroatoms. The van der Waals surface area contributed by atoms with Crippen molar-refractivity contribution in [3.8, 4) is 5.75 Å². The first-order chi connectivity index (χ1) is 14.2. The highest BCUT2D eigenvalue weighted by atomic mass is 16.5. The molecule has 3 aromatic carbocycles. The second-order valence-corrected chi connectivity index (χ2v) is 7.72. The van der Waals surface area contributed by atoms with Crippen LogP contribution in [0.3, 0.4) is 0 Å². The average molecular weight is 385 g/mol. The van der Waals surface area contributed by atoms with Crippen molar-refractivity contribution >= 4 is 38.2 Å². The van der Waals surface area contributed by atoms with E-state index in [0.717, 1.165) is 63.4 Å². The van der Waals surface area contributed by atoms with Gasteiger partial charge in [-0.25, -0.2) is 9.36 Å². The fraction of sp³-hybridized carbons (Fsp3) is 0.280. The summed E-state index contributed by atoms with van der Waals surface area (Å²) in [5, 5.41) is 4.10. The van der Waals surface area contributed by atoms with Gasteiger partial charge in [-0.15, -0.1) is 0 Å². The molecule has 0 aliphatic carbocycles. The number of imidazole rings is 1. The van der Waals surface area contributed by atoms with Gasteiger partial charge in [-0.2, -0.15) is 4.40 Å². The van der Waals surface area contributed by atoms with Crippen molar-refractivity contribution in [3.05, 3.63) is 64.4 Å². The lowest BCUT2D eigenvalue weighted by Gasteiger charge is -2.07. The first-order valence-corrected chi connectivity index (χ1v) is 10.4. The highest BCUT2D eigenvalue weighted by Crippen LogP contribution is 2.31. The largest absolute Gasteiger partial charge is 0.493 e. The first kappa shape index (κ1) is 17.9. The number of rotatable bonds is 5. The van der Waals surface area contributed by atoms with Crippen LogP contribution in [-0.2, 0) is 6.54 Å². The summed E-state index contributed by atoms with van der Waals surface area (Å²) in [6.07, 6.45) is 2.12. The number of benzene rings is 3. The van der Waals surface area contributed by atoms with Crippen LogP contribution in [0.4, 0.5) is 0 Å². The molecule has 2 aromatic heterocycles. The van der Waals surface area contributed by atoms with Crippen LogP contribution < -0.4 is 14.9 Å². The van der Waals surface area contributed by atoms with Gasteiger partial charge in [0.1, 0.15) is 5.75 Å². The Kier molecular flexibility index (Phi) is 4.16. The van der Waals surface area contributed by atoms with Crippen LogP contribution in [0.15, 0.2) is 53.3 Å². The van der Waals surface area contributed by atoms with E-state index < -0.39 is 0 Å². The van der Waals surface area contributed by atoms with E-state index in [1.165, 1.54) is 5.56 Å². The number of pyridine rings is 1. The normalized spacial score (nSPS) is 12.0. The van der Waals surface area contributed by atoms with E-state index in [2.05, 4.69) is 49.6 Å². The Morgan fingerprint density at radius 2 is 1.83 bits per heavy atom. The molecule has 29 heavy (non-hydrogen) atoms. The minimum absolute atomic E-state index is 0.0339. The molecule has 0 atom stereocenters. The molecule has 0 unspecified atom stereocenters. The number of hydrogen-bond acceptors (Lipinski definition) is 2. The lowest BCUT2D eigenvalue weighted by molar-refractivity contribution is -0.641. The van der Waals surface area contributed by atoms with Gasteiger partial charge in [0.15, 0.2) is 11.0 Å². The SMILES string of the molecule is CCCCOc1ccc2c(c1)n1c(=O)c3ccc(C)c4cccc(c43)c1[n+]2CC. The predicted octanol–water partition coefficient (Wildman–Crippen LogP) is 4.99. The van der Waals surface area contributed by atoms with Crippen molar-refractivity contribution < 1.29 is 9.30 Å². The summed E-state index contributed by atoms with van der Waals surface area (Å²) in [6.45, 7) is 7.87. The van der Waals surface area contributed by atoms with Gasteiger partial charge in [0.2, 0.25) is 0 Å². The fourth-order valence-electron chi connectivity index (χ4n) is 4.51. The summed E-state index contributed by atoms with van der Waals surface area (Å²) in [5.74, 6) is 0.815. The zero-order valence-corrected chi connectivity index (χ0v) is 17.2. The molecule has 0 aliphatic heterocycles. The second-order valence-electron chi connectivity index (χ2n) is 7.72. The summed E-state index contributed by atoms with van der Waals surface area (Å²) in [6, 6.07) is 16.4. The predicted molar refractivity (Wildman–Crippen MR) is 118 cm³/mol. The Morgan fingerprint density at radius 1 is 1.00 bits per heavy atom. The van der Waals surface area contributed by atoms with Crippen LogP contribution in [0.25, 0.3) is 38.2 Å². The Hall–Kier alpha value is -3.14. The summed E-state index contributed by atoms with van der Waals surface area (Å²) in [5.41, 5.74) is 4.15. The minimum atomic E-state index is 0.0339. The second kappa shape index (κ2) is 6.73. The molecular weight excluding hydrogens is 360 g/mol. The number of aryl methyl sites for hydroxylation is 2. The quantitative estimate of drug-likeness (QED) is 0.315. The highest BCUT2D eigenvalue weighted by Gasteiger charge is 2.26. The smallest absolute Gasteiger partial charge is 0.347 e. The average Bonchev–Trinajstić information content (AvgIpc) is 3.07. The van der Waals surface area contributed by atoms with E-state index in [-0.39, 0.29) is 5.56 Å². The maximum absolute atomic E-state index is 13.6. The minimum Gasteiger partial charge on any atom is -0.493 e. The van der Waals surface area contributed by atoms with E-state index in [0.29, 0.717) is 6.61 Å². The Labute approximate surface area is 169 Å². The van der Waals surface area contributed by atoms with Gasteiger partial charge < -0.3 is 4.74 Å². The van der Waals surface area contributed by atoms with E-state index in [1.54, 1.807) is 0 Å². The molecule has 0 fully saturated rings. The van der Waals surface area contributed by atoms with Gasteiger partial charge in [-0.3, -0.25) is 0 Å². The van der Waals surface area contributed by atoms with Crippen LogP contribution in [0.1, 0.15) is 32.3 Å². The molecule has 0 aliphatic rings. The molecule has 146 valence electrons. The third-order valence-corrected chi connectivity index (χ3v) is 5.96. The summed E-state index contributed by atoms with van der Waals surface area (Å²) in [4.78, 5) is 13.6. The molecule has 0 bridgehead atoms. The van der Waals surface area contributed by atoms with Crippen molar-refractivity contribution in [3.63, 3.8) is 0 Å². The fourth-order valence-corrected chi connectivity index (χ4v) is 4.51. The first-order valence-electron chi connectivity index (χ1n) is 10.4. The highest BCUT2D eigenvalue weighted by molar-refractivity contribution is 6.15.